The molecule has 0 saturated carbocycles. The van der Waals surface area contributed by atoms with Gasteiger partial charge in [-0.3, -0.25) is 4.79 Å². The molecule has 0 unspecified atom stereocenters. The van der Waals surface area contributed by atoms with E-state index in [9.17, 15) is 4.79 Å². The Morgan fingerprint density at radius 3 is 2.38 bits per heavy atom. The Morgan fingerprint density at radius 1 is 1.24 bits per heavy atom. The largest absolute Gasteiger partial charge is 0.324 e. The quantitative estimate of drug-likeness (QED) is 0.917. The molecule has 1 N–H and O–H groups in total. The maximum atomic E-state index is 12.1. The number of hydrogen-bond donors (Lipinski definition) is 1. The summed E-state index contributed by atoms with van der Waals surface area (Å²) in [6.45, 7) is 11.3. The van der Waals surface area contributed by atoms with Crippen molar-refractivity contribution in [3.63, 3.8) is 0 Å². The average Bonchev–Trinajstić information content (AvgIpc) is 2.84. The molecule has 0 atom stereocenters. The van der Waals surface area contributed by atoms with Crippen molar-refractivity contribution in [1.29, 1.82) is 0 Å². The summed E-state index contributed by atoms with van der Waals surface area (Å²) in [7, 11) is 0. The van der Waals surface area contributed by atoms with Crippen LogP contribution in [-0.4, -0.2) is 20.9 Å². The number of aromatic nitrogens is 3. The van der Waals surface area contributed by atoms with E-state index in [-0.39, 0.29) is 12.5 Å². The Hall–Kier alpha value is -2.69. The molecule has 0 aliphatic rings. The molecule has 0 aliphatic heterocycles. The molecule has 5 nitrogen and oxygen atoms in total. The third kappa shape index (κ3) is 3.45. The number of rotatable bonds is 5. The van der Waals surface area contributed by atoms with Crippen LogP contribution in [-0.2, 0) is 11.3 Å². The van der Waals surface area contributed by atoms with Gasteiger partial charge in [0, 0.05) is 5.69 Å². The van der Waals surface area contributed by atoms with Crippen LogP contribution >= 0.6 is 0 Å². The number of hydrogen-bond acceptors (Lipinski definition) is 3. The first kappa shape index (κ1) is 14.7. The lowest BCUT2D eigenvalue weighted by Gasteiger charge is -2.08. The van der Waals surface area contributed by atoms with Gasteiger partial charge in [-0.15, -0.1) is 0 Å². The molecule has 5 heteroatoms. The van der Waals surface area contributed by atoms with Crippen LogP contribution in [0, 0.1) is 13.8 Å². The fourth-order valence-electron chi connectivity index (χ4n) is 2.01. The fourth-order valence-corrected chi connectivity index (χ4v) is 2.01. The van der Waals surface area contributed by atoms with Crippen molar-refractivity contribution in [1.82, 2.24) is 15.0 Å². The van der Waals surface area contributed by atoms with Crippen LogP contribution in [0.4, 0.5) is 5.69 Å². The first-order valence-corrected chi connectivity index (χ1v) is 6.60. The number of carbonyl (C=O) groups excluding carboxylic acids is 1. The van der Waals surface area contributed by atoms with Gasteiger partial charge in [-0.25, -0.2) is 0 Å². The summed E-state index contributed by atoms with van der Waals surface area (Å²) < 4.78 is 0. The molecule has 0 radical (unpaired) electrons. The van der Waals surface area contributed by atoms with E-state index < -0.39 is 0 Å². The number of anilines is 1. The molecule has 2 rings (SSSR count). The van der Waals surface area contributed by atoms with Crippen molar-refractivity contribution >= 4 is 23.7 Å². The topological polar surface area (TPSA) is 59.8 Å². The van der Waals surface area contributed by atoms with Crippen LogP contribution in [0.15, 0.2) is 31.4 Å². The lowest BCUT2D eigenvalue weighted by Crippen LogP contribution is -2.21. The molecule has 0 saturated heterocycles. The number of nitrogens with one attached hydrogen (secondary N) is 1. The van der Waals surface area contributed by atoms with E-state index in [1.807, 2.05) is 32.0 Å². The predicted molar refractivity (Wildman–Crippen MR) is 84.7 cm³/mol. The minimum Gasteiger partial charge on any atom is -0.324 e. The molecule has 0 aliphatic carbocycles. The number of nitrogens with zero attached hydrogens (tertiary/aromatic N) is 3. The lowest BCUT2D eigenvalue weighted by molar-refractivity contribution is -0.117. The summed E-state index contributed by atoms with van der Waals surface area (Å²) in [6.07, 6.45) is 3.17. The van der Waals surface area contributed by atoms with Crippen LogP contribution in [0.2, 0.25) is 0 Å². The van der Waals surface area contributed by atoms with E-state index in [4.69, 9.17) is 0 Å². The van der Waals surface area contributed by atoms with Gasteiger partial charge in [-0.1, -0.05) is 30.9 Å². The Balaban J connectivity index is 2.09. The predicted octanol–water partition coefficient (Wildman–Crippen LogP) is 2.82. The second-order valence-corrected chi connectivity index (χ2v) is 4.78. The van der Waals surface area contributed by atoms with E-state index in [0.29, 0.717) is 11.4 Å². The molecule has 0 bridgehead atoms. The Labute approximate surface area is 124 Å². The third-order valence-corrected chi connectivity index (χ3v) is 3.04. The number of amides is 1. The van der Waals surface area contributed by atoms with E-state index in [1.165, 1.54) is 4.80 Å². The Bertz CT molecular complexity index is 675. The highest BCUT2D eigenvalue weighted by atomic mass is 16.2. The second kappa shape index (κ2) is 6.17. The minimum absolute atomic E-state index is 0.0436. The van der Waals surface area contributed by atoms with Gasteiger partial charge in [0.1, 0.15) is 17.9 Å². The fraction of sp³-hybridized carbons (Fsp3) is 0.188. The summed E-state index contributed by atoms with van der Waals surface area (Å²) in [5.74, 6) is -0.178. The molecule has 1 aromatic heterocycles. The standard InChI is InChI=1S/C16H18N4O/c1-5-13-14(6-2)19-20(18-13)10-16(21)17-15-8-7-11(3)9-12(15)4/h5-9H,1-2,10H2,3-4H3,(H,17,21). The van der Waals surface area contributed by atoms with Crippen molar-refractivity contribution in [3.05, 3.63) is 53.9 Å². The van der Waals surface area contributed by atoms with Crippen molar-refractivity contribution in [2.24, 2.45) is 0 Å². The summed E-state index contributed by atoms with van der Waals surface area (Å²) in [6, 6.07) is 5.87. The van der Waals surface area contributed by atoms with Crippen LogP contribution in [0.3, 0.4) is 0 Å². The summed E-state index contributed by atoms with van der Waals surface area (Å²) in [5, 5.41) is 11.2. The van der Waals surface area contributed by atoms with Crippen molar-refractivity contribution in [2.75, 3.05) is 5.32 Å². The zero-order valence-electron chi connectivity index (χ0n) is 12.3. The van der Waals surface area contributed by atoms with Gasteiger partial charge in [-0.2, -0.15) is 15.0 Å². The molecule has 1 aromatic carbocycles. The number of carbonyl (C=O) groups is 1. The summed E-state index contributed by atoms with van der Waals surface area (Å²) in [4.78, 5) is 13.4. The van der Waals surface area contributed by atoms with Gasteiger partial charge >= 0.3 is 0 Å². The molecular formula is C16H18N4O. The Kier molecular flexibility index (Phi) is 4.33. The molecule has 21 heavy (non-hydrogen) atoms. The third-order valence-electron chi connectivity index (χ3n) is 3.04. The molecule has 0 fully saturated rings. The normalized spacial score (nSPS) is 10.2. The molecule has 1 heterocycles. The minimum atomic E-state index is -0.178. The van der Waals surface area contributed by atoms with Crippen LogP contribution in [0.25, 0.3) is 12.2 Å². The molecule has 1 amide bonds. The first-order valence-electron chi connectivity index (χ1n) is 6.60. The van der Waals surface area contributed by atoms with E-state index in [2.05, 4.69) is 28.7 Å². The van der Waals surface area contributed by atoms with E-state index >= 15 is 0 Å². The maximum Gasteiger partial charge on any atom is 0.247 e. The summed E-state index contributed by atoms with van der Waals surface area (Å²) in [5.41, 5.74) is 4.21. The van der Waals surface area contributed by atoms with Crippen LogP contribution in [0.1, 0.15) is 22.5 Å². The smallest absolute Gasteiger partial charge is 0.247 e. The first-order chi connectivity index (χ1) is 10.0. The van der Waals surface area contributed by atoms with Gasteiger partial charge in [0.05, 0.1) is 0 Å². The average molecular weight is 282 g/mol. The molecular weight excluding hydrogens is 264 g/mol. The number of benzene rings is 1. The van der Waals surface area contributed by atoms with Crippen molar-refractivity contribution < 1.29 is 4.79 Å². The highest BCUT2D eigenvalue weighted by Gasteiger charge is 2.10. The SMILES string of the molecule is C=Cc1nn(CC(=O)Nc2ccc(C)cc2C)nc1C=C. The van der Waals surface area contributed by atoms with E-state index in [1.54, 1.807) is 12.2 Å². The molecule has 2 aromatic rings. The highest BCUT2D eigenvalue weighted by Crippen LogP contribution is 2.16. The zero-order chi connectivity index (χ0) is 15.4. The van der Waals surface area contributed by atoms with Gasteiger partial charge < -0.3 is 5.32 Å². The maximum absolute atomic E-state index is 12.1. The molecule has 0 spiro atoms. The second-order valence-electron chi connectivity index (χ2n) is 4.78. The Morgan fingerprint density at radius 2 is 1.86 bits per heavy atom. The van der Waals surface area contributed by atoms with Gasteiger partial charge in [0.25, 0.3) is 0 Å². The van der Waals surface area contributed by atoms with Gasteiger partial charge in [-0.05, 0) is 37.6 Å². The molecule has 108 valence electrons. The lowest BCUT2D eigenvalue weighted by atomic mass is 10.1. The van der Waals surface area contributed by atoms with Crippen molar-refractivity contribution in [2.45, 2.75) is 20.4 Å². The van der Waals surface area contributed by atoms with Crippen molar-refractivity contribution in [3.8, 4) is 0 Å². The van der Waals surface area contributed by atoms with Gasteiger partial charge in [0.2, 0.25) is 5.91 Å². The zero-order valence-corrected chi connectivity index (χ0v) is 12.3. The number of aryl methyl sites for hydroxylation is 2. The highest BCUT2D eigenvalue weighted by molar-refractivity contribution is 5.91. The van der Waals surface area contributed by atoms with Crippen LogP contribution < -0.4 is 5.32 Å². The summed E-state index contributed by atoms with van der Waals surface area (Å²) >= 11 is 0. The van der Waals surface area contributed by atoms with Crippen LogP contribution in [0.5, 0.6) is 0 Å². The van der Waals surface area contributed by atoms with Gasteiger partial charge in [0.15, 0.2) is 0 Å². The van der Waals surface area contributed by atoms with E-state index in [0.717, 1.165) is 16.8 Å². The monoisotopic (exact) mass is 282 g/mol.